The molecule has 0 bridgehead atoms. The van der Waals surface area contributed by atoms with Crippen LogP contribution in [0.5, 0.6) is 11.6 Å². The molecule has 2 aromatic rings. The fourth-order valence-electron chi connectivity index (χ4n) is 2.63. The highest BCUT2D eigenvalue weighted by atomic mass is 32.1. The molecule has 1 aliphatic heterocycles. The summed E-state index contributed by atoms with van der Waals surface area (Å²) in [6, 6.07) is 5.57. The minimum absolute atomic E-state index is 0.0253. The Bertz CT molecular complexity index is 778. The number of nitrogens with one attached hydrogen (secondary N) is 1. The van der Waals surface area contributed by atoms with Gasteiger partial charge in [0, 0.05) is 18.0 Å². The maximum atomic E-state index is 11.2. The number of hydrogen-bond donors (Lipinski definition) is 2. The molecule has 1 aliphatic rings. The molecule has 3 N–H and O–H groups in total. The molecule has 1 unspecified atom stereocenters. The van der Waals surface area contributed by atoms with E-state index in [0.717, 1.165) is 17.2 Å². The first-order valence-corrected chi connectivity index (χ1v) is 7.68. The van der Waals surface area contributed by atoms with Crippen molar-refractivity contribution in [2.45, 2.75) is 18.9 Å². The van der Waals surface area contributed by atoms with Crippen molar-refractivity contribution in [3.63, 3.8) is 0 Å². The maximum absolute atomic E-state index is 11.2. The summed E-state index contributed by atoms with van der Waals surface area (Å²) in [7, 11) is 1.56. The summed E-state index contributed by atoms with van der Waals surface area (Å²) in [6.07, 6.45) is 2.99. The zero-order valence-electron chi connectivity index (χ0n) is 12.7. The summed E-state index contributed by atoms with van der Waals surface area (Å²) < 4.78 is 11.2. The average molecular weight is 331 g/mol. The second-order valence-electron chi connectivity index (χ2n) is 5.37. The van der Waals surface area contributed by atoms with Gasteiger partial charge in [0.1, 0.15) is 17.3 Å². The van der Waals surface area contributed by atoms with E-state index < -0.39 is 0 Å². The van der Waals surface area contributed by atoms with Gasteiger partial charge in [-0.1, -0.05) is 12.2 Å². The molecule has 1 saturated heterocycles. The van der Waals surface area contributed by atoms with E-state index in [1.807, 2.05) is 18.2 Å². The lowest BCUT2D eigenvalue weighted by molar-refractivity contribution is -0.119. The van der Waals surface area contributed by atoms with Crippen LogP contribution in [0.15, 0.2) is 24.4 Å². The predicted octanol–water partition coefficient (Wildman–Crippen LogP) is 1.54. The molecule has 1 aromatic heterocycles. The van der Waals surface area contributed by atoms with Crippen molar-refractivity contribution >= 4 is 33.9 Å². The number of rotatable bonds is 5. The van der Waals surface area contributed by atoms with Crippen LogP contribution in [0.2, 0.25) is 0 Å². The number of aromatic nitrogens is 1. The predicted molar refractivity (Wildman–Crippen MR) is 90.8 cm³/mol. The third-order valence-electron chi connectivity index (χ3n) is 3.82. The fraction of sp³-hybridized carbons (Fsp3) is 0.312. The number of nitrogens with zero attached hydrogens (tertiary/aromatic N) is 1. The number of amides is 1. The number of nitrogens with two attached hydrogens (primary N) is 1. The molecule has 6 nitrogen and oxygen atoms in total. The van der Waals surface area contributed by atoms with Crippen LogP contribution in [0.3, 0.4) is 0 Å². The van der Waals surface area contributed by atoms with E-state index >= 15 is 0 Å². The van der Waals surface area contributed by atoms with Crippen molar-refractivity contribution in [3.8, 4) is 11.6 Å². The quantitative estimate of drug-likeness (QED) is 0.808. The lowest BCUT2D eigenvalue weighted by atomic mass is 10.1. The Hall–Kier alpha value is -2.41. The van der Waals surface area contributed by atoms with Crippen LogP contribution in [0.4, 0.5) is 0 Å². The van der Waals surface area contributed by atoms with Crippen LogP contribution < -0.4 is 20.5 Å². The van der Waals surface area contributed by atoms with Crippen LogP contribution in [0, 0.1) is 0 Å². The number of hydrogen-bond acceptors (Lipinski definition) is 5. The van der Waals surface area contributed by atoms with Gasteiger partial charge in [-0.15, -0.1) is 0 Å². The zero-order chi connectivity index (χ0) is 16.4. The summed E-state index contributed by atoms with van der Waals surface area (Å²) in [5.74, 6) is 1.14. The smallest absolute Gasteiger partial charge is 0.221 e. The van der Waals surface area contributed by atoms with Crippen molar-refractivity contribution in [2.75, 3.05) is 13.7 Å². The summed E-state index contributed by atoms with van der Waals surface area (Å²) in [4.78, 5) is 15.8. The van der Waals surface area contributed by atoms with E-state index in [2.05, 4.69) is 10.3 Å². The van der Waals surface area contributed by atoms with Crippen molar-refractivity contribution in [1.82, 2.24) is 10.3 Å². The Morgan fingerprint density at radius 1 is 1.52 bits per heavy atom. The van der Waals surface area contributed by atoms with E-state index in [9.17, 15) is 4.79 Å². The first kappa shape index (κ1) is 15.5. The molecule has 1 aromatic carbocycles. The number of carbonyl (C=O) groups excluding carboxylic acids is 1. The van der Waals surface area contributed by atoms with Gasteiger partial charge < -0.3 is 20.5 Å². The largest absolute Gasteiger partial charge is 0.496 e. The first-order chi connectivity index (χ1) is 11.1. The molecule has 120 valence electrons. The monoisotopic (exact) mass is 331 g/mol. The van der Waals surface area contributed by atoms with Crippen molar-refractivity contribution in [2.24, 2.45) is 5.73 Å². The van der Waals surface area contributed by atoms with Gasteiger partial charge in [-0.05, 0) is 30.0 Å². The lowest BCUT2D eigenvalue weighted by Crippen LogP contribution is -2.31. The molecule has 0 saturated carbocycles. The highest BCUT2D eigenvalue weighted by molar-refractivity contribution is 7.80. The number of benzene rings is 1. The van der Waals surface area contributed by atoms with E-state index in [0.29, 0.717) is 30.2 Å². The van der Waals surface area contributed by atoms with Gasteiger partial charge in [-0.3, -0.25) is 4.79 Å². The van der Waals surface area contributed by atoms with Crippen molar-refractivity contribution in [3.05, 3.63) is 30.0 Å². The molecule has 2 heterocycles. The minimum Gasteiger partial charge on any atom is -0.496 e. The van der Waals surface area contributed by atoms with Crippen LogP contribution >= 0.6 is 12.2 Å². The number of fused-ring (bicyclic) bond motifs is 1. The molecular weight excluding hydrogens is 314 g/mol. The van der Waals surface area contributed by atoms with Gasteiger partial charge in [0.15, 0.2) is 0 Å². The van der Waals surface area contributed by atoms with Gasteiger partial charge in [0.05, 0.1) is 18.7 Å². The molecule has 3 rings (SSSR count). The van der Waals surface area contributed by atoms with Gasteiger partial charge in [0.2, 0.25) is 11.8 Å². The number of thiocarbonyl (C=S) groups is 1. The first-order valence-electron chi connectivity index (χ1n) is 7.27. The summed E-state index contributed by atoms with van der Waals surface area (Å²) in [6.45, 7) is 0.386. The SMILES string of the molecule is COc1cc2c(OCC3CCC(=O)N3)nccc2cc1C(N)=S. The molecular formula is C16H17N3O3S. The number of ether oxygens (including phenoxy) is 2. The Kier molecular flexibility index (Phi) is 4.29. The molecule has 0 aliphatic carbocycles. The summed E-state index contributed by atoms with van der Waals surface area (Å²) in [5.41, 5.74) is 6.41. The van der Waals surface area contributed by atoms with Gasteiger partial charge >= 0.3 is 0 Å². The Morgan fingerprint density at radius 3 is 3.00 bits per heavy atom. The topological polar surface area (TPSA) is 86.5 Å². The Labute approximate surface area is 139 Å². The molecule has 1 atom stereocenters. The molecule has 0 radical (unpaired) electrons. The molecule has 1 fully saturated rings. The second kappa shape index (κ2) is 6.37. The van der Waals surface area contributed by atoms with Crippen LogP contribution in [0.25, 0.3) is 10.8 Å². The molecule has 0 spiro atoms. The van der Waals surface area contributed by atoms with Crippen LogP contribution in [-0.4, -0.2) is 35.6 Å². The zero-order valence-corrected chi connectivity index (χ0v) is 13.5. The third-order valence-corrected chi connectivity index (χ3v) is 4.04. The number of carbonyl (C=O) groups is 1. The average Bonchev–Trinajstić information content (AvgIpc) is 2.96. The van der Waals surface area contributed by atoms with Crippen molar-refractivity contribution < 1.29 is 14.3 Å². The number of pyridine rings is 1. The van der Waals surface area contributed by atoms with Crippen LogP contribution in [0.1, 0.15) is 18.4 Å². The number of methoxy groups -OCH3 is 1. The van der Waals surface area contributed by atoms with Gasteiger partial charge in [-0.2, -0.15) is 0 Å². The molecule has 1 amide bonds. The standard InChI is InChI=1S/C16H17N3O3S/c1-21-13-7-11-9(6-12(13)15(17)23)4-5-18-16(11)22-8-10-2-3-14(20)19-10/h4-7,10H,2-3,8H2,1H3,(H2,17,23)(H,19,20). The highest BCUT2D eigenvalue weighted by Crippen LogP contribution is 2.31. The fourth-order valence-corrected chi connectivity index (χ4v) is 2.79. The van der Waals surface area contributed by atoms with E-state index in [-0.39, 0.29) is 16.9 Å². The Balaban J connectivity index is 1.91. The third kappa shape index (κ3) is 3.19. The summed E-state index contributed by atoms with van der Waals surface area (Å²) >= 11 is 5.06. The van der Waals surface area contributed by atoms with Crippen LogP contribution in [-0.2, 0) is 4.79 Å². The highest BCUT2D eigenvalue weighted by Gasteiger charge is 2.21. The normalized spacial score (nSPS) is 17.1. The second-order valence-corrected chi connectivity index (χ2v) is 5.81. The van der Waals surface area contributed by atoms with E-state index in [1.165, 1.54) is 0 Å². The van der Waals surface area contributed by atoms with Crippen molar-refractivity contribution in [1.29, 1.82) is 0 Å². The molecule has 23 heavy (non-hydrogen) atoms. The lowest BCUT2D eigenvalue weighted by Gasteiger charge is -2.14. The van der Waals surface area contributed by atoms with E-state index in [4.69, 9.17) is 27.4 Å². The maximum Gasteiger partial charge on any atom is 0.221 e. The molecule has 7 heteroatoms. The van der Waals surface area contributed by atoms with E-state index in [1.54, 1.807) is 13.3 Å². The van der Waals surface area contributed by atoms with Gasteiger partial charge in [-0.25, -0.2) is 4.98 Å². The Morgan fingerprint density at radius 2 is 2.35 bits per heavy atom. The minimum atomic E-state index is 0.0253. The summed E-state index contributed by atoms with van der Waals surface area (Å²) in [5, 5.41) is 4.59. The van der Waals surface area contributed by atoms with Gasteiger partial charge in [0.25, 0.3) is 0 Å².